The fourth-order valence-electron chi connectivity index (χ4n) is 5.10. The van der Waals surface area contributed by atoms with Crippen LogP contribution in [0, 0.1) is 11.8 Å². The zero-order valence-corrected chi connectivity index (χ0v) is 24.4. The third kappa shape index (κ3) is 9.29. The molecule has 1 aromatic heterocycles. The van der Waals surface area contributed by atoms with Crippen LogP contribution in [0.1, 0.15) is 48.3 Å². The van der Waals surface area contributed by atoms with E-state index in [9.17, 15) is 24.4 Å². The number of rotatable bonds is 14. The van der Waals surface area contributed by atoms with Crippen LogP contribution in [0.15, 0.2) is 91.4 Å². The van der Waals surface area contributed by atoms with Gasteiger partial charge in [0, 0.05) is 24.7 Å². The van der Waals surface area contributed by atoms with Crippen LogP contribution in [0.4, 0.5) is 0 Å². The second-order valence-corrected chi connectivity index (χ2v) is 11.2. The number of amides is 2. The summed E-state index contributed by atoms with van der Waals surface area (Å²) in [4.78, 5) is 48.6. The van der Waals surface area contributed by atoms with E-state index < -0.39 is 36.8 Å². The SMILES string of the molecule is CC(C)C[C@H](NC(=O)[C@@H](CC(=O)[C@H](Cc1ccccc1)NC(=O)c1cnccn1)Cc1ccc2ccccc2c1)B(O)O. The largest absolute Gasteiger partial charge is 0.475 e. The molecule has 0 aliphatic rings. The van der Waals surface area contributed by atoms with Crippen LogP contribution in [0.3, 0.4) is 0 Å². The van der Waals surface area contributed by atoms with Crippen molar-refractivity contribution in [3.05, 3.63) is 108 Å². The molecule has 2 amide bonds. The third-order valence-electron chi connectivity index (χ3n) is 7.30. The zero-order chi connectivity index (χ0) is 30.8. The second-order valence-electron chi connectivity index (χ2n) is 11.2. The smallest absolute Gasteiger partial charge is 0.426 e. The Kier molecular flexibility index (Phi) is 11.1. The van der Waals surface area contributed by atoms with E-state index in [0.717, 1.165) is 21.9 Å². The first kappa shape index (κ1) is 31.5. The standard InChI is InChI=1S/C33H37BN4O5/c1-22(2)16-31(34(42)43)38-32(40)27(18-24-12-13-25-10-6-7-11-26(25)17-24)20-30(39)28(19-23-8-4-3-5-9-23)37-33(41)29-21-35-14-15-36-29/h3-15,17,21-22,27-28,31,42-43H,16,18-20H2,1-2H3,(H,37,41)(H,38,40)/t27-,28+,31+/m1/s1. The van der Waals surface area contributed by atoms with Crippen molar-refractivity contribution in [3.63, 3.8) is 0 Å². The van der Waals surface area contributed by atoms with E-state index in [-0.39, 0.29) is 36.7 Å². The number of aromatic nitrogens is 2. The van der Waals surface area contributed by atoms with E-state index in [0.29, 0.717) is 6.42 Å². The fraction of sp³-hybridized carbons (Fsp3) is 0.303. The van der Waals surface area contributed by atoms with Gasteiger partial charge in [-0.05, 0) is 47.1 Å². The van der Waals surface area contributed by atoms with Crippen molar-refractivity contribution in [1.82, 2.24) is 20.6 Å². The van der Waals surface area contributed by atoms with Gasteiger partial charge < -0.3 is 20.7 Å². The molecule has 0 unspecified atom stereocenters. The van der Waals surface area contributed by atoms with Crippen LogP contribution in [-0.2, 0) is 22.4 Å². The van der Waals surface area contributed by atoms with Gasteiger partial charge in [0.05, 0.1) is 18.2 Å². The summed E-state index contributed by atoms with van der Waals surface area (Å²) in [6.07, 6.45) is 4.82. The van der Waals surface area contributed by atoms with Crippen molar-refractivity contribution in [2.45, 2.75) is 51.5 Å². The van der Waals surface area contributed by atoms with Gasteiger partial charge in [-0.2, -0.15) is 0 Å². The second kappa shape index (κ2) is 15.2. The number of benzene rings is 3. The molecule has 9 nitrogen and oxygen atoms in total. The number of ketones is 1. The van der Waals surface area contributed by atoms with Gasteiger partial charge in [-0.1, -0.05) is 86.6 Å². The minimum absolute atomic E-state index is 0.0762. The topological polar surface area (TPSA) is 142 Å². The van der Waals surface area contributed by atoms with Crippen molar-refractivity contribution in [1.29, 1.82) is 0 Å². The summed E-state index contributed by atoms with van der Waals surface area (Å²) in [6.45, 7) is 3.84. The highest BCUT2D eigenvalue weighted by Crippen LogP contribution is 2.21. The number of Topliss-reactive ketones (excluding diaryl/α,β-unsaturated/α-hetero) is 1. The lowest BCUT2D eigenvalue weighted by Gasteiger charge is -2.25. The highest BCUT2D eigenvalue weighted by atomic mass is 16.4. The zero-order valence-electron chi connectivity index (χ0n) is 24.4. The van der Waals surface area contributed by atoms with Gasteiger partial charge in [0.25, 0.3) is 5.91 Å². The highest BCUT2D eigenvalue weighted by molar-refractivity contribution is 6.43. The molecule has 4 N–H and O–H groups in total. The molecule has 0 saturated carbocycles. The summed E-state index contributed by atoms with van der Waals surface area (Å²) in [5.74, 6) is -2.95. The maximum Gasteiger partial charge on any atom is 0.475 e. The summed E-state index contributed by atoms with van der Waals surface area (Å²) in [7, 11) is -1.75. The molecule has 3 atom stereocenters. The first-order valence-electron chi connectivity index (χ1n) is 14.5. The lowest BCUT2D eigenvalue weighted by molar-refractivity contribution is -0.130. The molecule has 4 rings (SSSR count). The molecule has 0 saturated heterocycles. The minimum Gasteiger partial charge on any atom is -0.426 e. The van der Waals surface area contributed by atoms with Crippen LogP contribution in [0.25, 0.3) is 10.8 Å². The molecule has 43 heavy (non-hydrogen) atoms. The molecule has 222 valence electrons. The van der Waals surface area contributed by atoms with Crippen molar-refractivity contribution in [2.24, 2.45) is 11.8 Å². The Morgan fingerprint density at radius 2 is 1.56 bits per heavy atom. The number of hydrogen-bond donors (Lipinski definition) is 4. The molecule has 1 heterocycles. The number of fused-ring (bicyclic) bond motifs is 1. The molecule has 3 aromatic carbocycles. The molecule has 0 spiro atoms. The van der Waals surface area contributed by atoms with Crippen LogP contribution in [0.2, 0.25) is 0 Å². The molecule has 4 aromatic rings. The van der Waals surface area contributed by atoms with Crippen LogP contribution in [-0.4, -0.2) is 56.7 Å². The van der Waals surface area contributed by atoms with Crippen LogP contribution in [0.5, 0.6) is 0 Å². The third-order valence-corrected chi connectivity index (χ3v) is 7.30. The predicted molar refractivity (Wildman–Crippen MR) is 166 cm³/mol. The summed E-state index contributed by atoms with van der Waals surface area (Å²) in [5, 5.41) is 27.5. The monoisotopic (exact) mass is 580 g/mol. The quantitative estimate of drug-likeness (QED) is 0.168. The van der Waals surface area contributed by atoms with Crippen molar-refractivity contribution >= 4 is 35.5 Å². The fourth-order valence-corrected chi connectivity index (χ4v) is 5.10. The average Bonchev–Trinajstić information content (AvgIpc) is 3.00. The molecular formula is C33H37BN4O5. The van der Waals surface area contributed by atoms with Crippen LogP contribution >= 0.6 is 0 Å². The summed E-state index contributed by atoms with van der Waals surface area (Å²) >= 11 is 0. The Morgan fingerprint density at radius 1 is 0.837 bits per heavy atom. The van der Waals surface area contributed by atoms with Gasteiger partial charge in [0.1, 0.15) is 5.69 Å². The predicted octanol–water partition coefficient (Wildman–Crippen LogP) is 3.33. The number of hydrogen-bond acceptors (Lipinski definition) is 7. The van der Waals surface area contributed by atoms with E-state index in [4.69, 9.17) is 0 Å². The minimum atomic E-state index is -1.75. The van der Waals surface area contributed by atoms with Gasteiger partial charge in [0.2, 0.25) is 5.91 Å². The van der Waals surface area contributed by atoms with E-state index in [1.807, 2.05) is 86.6 Å². The van der Waals surface area contributed by atoms with E-state index >= 15 is 0 Å². The lowest BCUT2D eigenvalue weighted by atomic mass is 9.74. The Balaban J connectivity index is 1.61. The Hall–Kier alpha value is -4.41. The summed E-state index contributed by atoms with van der Waals surface area (Å²) in [6, 6.07) is 22.1. The number of carbonyl (C=O) groups is 3. The Morgan fingerprint density at radius 3 is 2.23 bits per heavy atom. The summed E-state index contributed by atoms with van der Waals surface area (Å²) in [5.41, 5.74) is 1.78. The van der Waals surface area contributed by atoms with Crippen LogP contribution < -0.4 is 10.6 Å². The Bertz CT molecular complexity index is 1520. The van der Waals surface area contributed by atoms with Gasteiger partial charge in [-0.3, -0.25) is 19.4 Å². The highest BCUT2D eigenvalue weighted by Gasteiger charge is 2.32. The molecule has 0 aliphatic carbocycles. The maximum atomic E-state index is 13.9. The van der Waals surface area contributed by atoms with Crippen molar-refractivity contribution in [2.75, 3.05) is 0 Å². The number of nitrogens with one attached hydrogen (secondary N) is 2. The number of carbonyl (C=O) groups excluding carboxylic acids is 3. The normalized spacial score (nSPS) is 13.2. The first-order valence-corrected chi connectivity index (χ1v) is 14.5. The average molecular weight is 580 g/mol. The summed E-state index contributed by atoms with van der Waals surface area (Å²) < 4.78 is 0. The van der Waals surface area contributed by atoms with Gasteiger partial charge in [-0.25, -0.2) is 4.98 Å². The number of nitrogens with zero attached hydrogens (tertiary/aromatic N) is 2. The molecular weight excluding hydrogens is 543 g/mol. The molecule has 10 heteroatoms. The molecule has 0 bridgehead atoms. The van der Waals surface area contributed by atoms with E-state index in [1.54, 1.807) is 0 Å². The van der Waals surface area contributed by atoms with Crippen molar-refractivity contribution in [3.8, 4) is 0 Å². The van der Waals surface area contributed by atoms with E-state index in [1.165, 1.54) is 18.6 Å². The first-order chi connectivity index (χ1) is 20.7. The maximum absolute atomic E-state index is 13.9. The molecule has 0 radical (unpaired) electrons. The Labute approximate surface area is 251 Å². The van der Waals surface area contributed by atoms with Gasteiger partial charge in [0.15, 0.2) is 5.78 Å². The molecule has 0 aliphatic heterocycles. The van der Waals surface area contributed by atoms with Crippen molar-refractivity contribution < 1.29 is 24.4 Å². The lowest BCUT2D eigenvalue weighted by Crippen LogP contribution is -2.50. The van der Waals surface area contributed by atoms with E-state index in [2.05, 4.69) is 20.6 Å². The van der Waals surface area contributed by atoms with Gasteiger partial charge in [-0.15, -0.1) is 0 Å². The molecule has 0 fully saturated rings. The van der Waals surface area contributed by atoms with Gasteiger partial charge >= 0.3 is 7.12 Å².